The van der Waals surface area contributed by atoms with Gasteiger partial charge < -0.3 is 0 Å². The van der Waals surface area contributed by atoms with Gasteiger partial charge in [-0.05, 0) is 23.1 Å². The number of hydrogen-bond acceptors (Lipinski definition) is 3. The maximum Gasteiger partial charge on any atom is 0.151 e. The largest absolute Gasteiger partial charge is 0.229 e. The van der Waals surface area contributed by atoms with Crippen molar-refractivity contribution in [2.24, 2.45) is 0 Å². The number of hydrogen-bond donors (Lipinski definition) is 0. The molecule has 2 aromatic rings. The molecular formula is C10H9ClO2S2. The van der Waals surface area contributed by atoms with Crippen LogP contribution in [0, 0.1) is 0 Å². The monoisotopic (exact) mass is 260 g/mol. The second-order valence-corrected chi connectivity index (χ2v) is 6.90. The fourth-order valence-electron chi connectivity index (χ4n) is 1.50. The van der Waals surface area contributed by atoms with Crippen LogP contribution >= 0.6 is 22.9 Å². The van der Waals surface area contributed by atoms with Crippen LogP contribution in [0.15, 0.2) is 23.6 Å². The Morgan fingerprint density at radius 2 is 2.13 bits per heavy atom. The van der Waals surface area contributed by atoms with Gasteiger partial charge in [-0.2, -0.15) is 0 Å². The highest BCUT2D eigenvalue weighted by molar-refractivity contribution is 7.89. The molecule has 2 nitrogen and oxygen atoms in total. The van der Waals surface area contributed by atoms with Gasteiger partial charge in [0.1, 0.15) is 0 Å². The van der Waals surface area contributed by atoms with Crippen molar-refractivity contribution in [2.45, 2.75) is 5.75 Å². The van der Waals surface area contributed by atoms with Crippen LogP contribution < -0.4 is 0 Å². The number of fused-ring (bicyclic) bond motifs is 1. The predicted molar refractivity (Wildman–Crippen MR) is 65.4 cm³/mol. The first-order valence-corrected chi connectivity index (χ1v) is 7.61. The molecule has 0 aliphatic carbocycles. The van der Waals surface area contributed by atoms with Crippen molar-refractivity contribution in [1.29, 1.82) is 0 Å². The van der Waals surface area contributed by atoms with Gasteiger partial charge in [0, 0.05) is 21.4 Å². The van der Waals surface area contributed by atoms with Crippen LogP contribution in [0.4, 0.5) is 0 Å². The van der Waals surface area contributed by atoms with Gasteiger partial charge in [-0.25, -0.2) is 8.42 Å². The molecule has 80 valence electrons. The molecule has 2 rings (SSSR count). The van der Waals surface area contributed by atoms with Crippen LogP contribution in [-0.4, -0.2) is 14.7 Å². The van der Waals surface area contributed by atoms with E-state index in [0.717, 1.165) is 15.6 Å². The second kappa shape index (κ2) is 3.77. The van der Waals surface area contributed by atoms with E-state index in [9.17, 15) is 8.42 Å². The fraction of sp³-hybridized carbons (Fsp3) is 0.200. The molecule has 0 radical (unpaired) electrons. The minimum absolute atomic E-state index is 0.0523. The Bertz CT molecular complexity index is 599. The molecule has 0 aliphatic heterocycles. The zero-order valence-electron chi connectivity index (χ0n) is 8.03. The molecule has 0 amide bonds. The fourth-order valence-corrected chi connectivity index (χ4v) is 3.73. The molecule has 5 heteroatoms. The molecule has 1 aromatic heterocycles. The lowest BCUT2D eigenvalue weighted by Gasteiger charge is -1.99. The molecule has 1 aromatic carbocycles. The number of benzene rings is 1. The summed E-state index contributed by atoms with van der Waals surface area (Å²) in [6.07, 6.45) is 1.23. The molecule has 0 N–H and O–H groups in total. The van der Waals surface area contributed by atoms with Crippen molar-refractivity contribution < 1.29 is 8.42 Å². The van der Waals surface area contributed by atoms with Gasteiger partial charge in [0.05, 0.1) is 5.75 Å². The van der Waals surface area contributed by atoms with Crippen molar-refractivity contribution in [3.63, 3.8) is 0 Å². The Labute approximate surface area is 97.4 Å². The van der Waals surface area contributed by atoms with E-state index < -0.39 is 9.84 Å². The summed E-state index contributed by atoms with van der Waals surface area (Å²) in [6, 6.07) is 5.59. The van der Waals surface area contributed by atoms with Crippen LogP contribution in [0.1, 0.15) is 5.56 Å². The maximum atomic E-state index is 11.2. The van der Waals surface area contributed by atoms with E-state index in [0.29, 0.717) is 5.02 Å². The van der Waals surface area contributed by atoms with E-state index in [-0.39, 0.29) is 5.75 Å². The van der Waals surface area contributed by atoms with Crippen LogP contribution in [0.25, 0.3) is 10.1 Å². The molecule has 0 aliphatic rings. The third kappa shape index (κ3) is 2.33. The minimum atomic E-state index is -3.01. The number of halogens is 1. The summed E-state index contributed by atoms with van der Waals surface area (Å²) in [5.41, 5.74) is 0.795. The summed E-state index contributed by atoms with van der Waals surface area (Å²) in [5.74, 6) is 0.0523. The summed E-state index contributed by atoms with van der Waals surface area (Å²) >= 11 is 7.56. The quantitative estimate of drug-likeness (QED) is 0.832. The molecule has 1 heterocycles. The van der Waals surface area contributed by atoms with Crippen molar-refractivity contribution in [3.05, 3.63) is 34.2 Å². The van der Waals surface area contributed by atoms with Crippen LogP contribution in [0.2, 0.25) is 5.02 Å². The molecule has 0 saturated carbocycles. The van der Waals surface area contributed by atoms with E-state index in [1.165, 1.54) is 17.6 Å². The minimum Gasteiger partial charge on any atom is -0.229 e. The zero-order chi connectivity index (χ0) is 11.1. The van der Waals surface area contributed by atoms with Gasteiger partial charge in [-0.15, -0.1) is 11.3 Å². The summed E-state index contributed by atoms with van der Waals surface area (Å²) < 4.78 is 23.5. The van der Waals surface area contributed by atoms with Gasteiger partial charge in [-0.1, -0.05) is 17.7 Å². The molecule has 15 heavy (non-hydrogen) atoms. The van der Waals surface area contributed by atoms with Crippen LogP contribution in [-0.2, 0) is 15.6 Å². The highest BCUT2D eigenvalue weighted by atomic mass is 35.5. The van der Waals surface area contributed by atoms with Crippen LogP contribution in [0.5, 0.6) is 0 Å². The van der Waals surface area contributed by atoms with Crippen LogP contribution in [0.3, 0.4) is 0 Å². The molecule has 0 spiro atoms. The topological polar surface area (TPSA) is 34.1 Å². The lowest BCUT2D eigenvalue weighted by molar-refractivity contribution is 0.601. The highest BCUT2D eigenvalue weighted by Crippen LogP contribution is 2.32. The molecule has 0 saturated heterocycles. The summed E-state index contributed by atoms with van der Waals surface area (Å²) in [6.45, 7) is 0. The Morgan fingerprint density at radius 3 is 2.80 bits per heavy atom. The maximum absolute atomic E-state index is 11.2. The number of thiophene rings is 1. The zero-order valence-corrected chi connectivity index (χ0v) is 10.4. The summed E-state index contributed by atoms with van der Waals surface area (Å²) in [7, 11) is -3.01. The standard InChI is InChI=1S/C10H9ClO2S2/c1-15(12,13)6-7-5-14-9-4-2-3-8(11)10(7)9/h2-5H,6H2,1H3. The number of sulfone groups is 1. The predicted octanol–water partition coefficient (Wildman–Crippen LogP) is 3.10. The summed E-state index contributed by atoms with van der Waals surface area (Å²) in [5, 5.41) is 3.35. The molecule has 0 bridgehead atoms. The Kier molecular flexibility index (Phi) is 2.75. The van der Waals surface area contributed by atoms with E-state index >= 15 is 0 Å². The van der Waals surface area contributed by atoms with E-state index in [1.54, 1.807) is 6.07 Å². The van der Waals surface area contributed by atoms with Crippen molar-refractivity contribution in [3.8, 4) is 0 Å². The lowest BCUT2D eigenvalue weighted by atomic mass is 10.2. The first-order chi connectivity index (χ1) is 6.97. The lowest BCUT2D eigenvalue weighted by Crippen LogP contribution is -1.99. The first kappa shape index (κ1) is 10.9. The Hall–Kier alpha value is -0.580. The van der Waals surface area contributed by atoms with Gasteiger partial charge in [0.15, 0.2) is 9.84 Å². The normalized spacial score (nSPS) is 12.1. The van der Waals surface area contributed by atoms with E-state index in [1.807, 2.05) is 17.5 Å². The Morgan fingerprint density at radius 1 is 1.40 bits per heavy atom. The first-order valence-electron chi connectivity index (χ1n) is 4.30. The van der Waals surface area contributed by atoms with E-state index in [4.69, 9.17) is 11.6 Å². The van der Waals surface area contributed by atoms with Gasteiger partial charge in [-0.3, -0.25) is 0 Å². The van der Waals surface area contributed by atoms with E-state index in [2.05, 4.69) is 0 Å². The average Bonchev–Trinajstić information content (AvgIpc) is 2.47. The highest BCUT2D eigenvalue weighted by Gasteiger charge is 2.12. The van der Waals surface area contributed by atoms with Gasteiger partial charge >= 0.3 is 0 Å². The van der Waals surface area contributed by atoms with Gasteiger partial charge in [0.25, 0.3) is 0 Å². The molecule has 0 unspecified atom stereocenters. The number of rotatable bonds is 2. The SMILES string of the molecule is CS(=O)(=O)Cc1csc2cccc(Cl)c12. The third-order valence-electron chi connectivity index (χ3n) is 2.04. The smallest absolute Gasteiger partial charge is 0.151 e. The average molecular weight is 261 g/mol. The van der Waals surface area contributed by atoms with Crippen molar-refractivity contribution in [2.75, 3.05) is 6.26 Å². The summed E-state index contributed by atoms with van der Waals surface area (Å²) in [4.78, 5) is 0. The Balaban J connectivity index is 2.63. The van der Waals surface area contributed by atoms with Crippen molar-refractivity contribution in [1.82, 2.24) is 0 Å². The molecule has 0 fully saturated rings. The second-order valence-electron chi connectivity index (χ2n) is 3.44. The van der Waals surface area contributed by atoms with Gasteiger partial charge in [0.2, 0.25) is 0 Å². The third-order valence-corrected chi connectivity index (χ3v) is 4.19. The molecule has 0 atom stereocenters. The van der Waals surface area contributed by atoms with Crippen molar-refractivity contribution >= 4 is 42.9 Å². The molecular weight excluding hydrogens is 252 g/mol.